The van der Waals surface area contributed by atoms with Crippen LogP contribution >= 0.6 is 11.6 Å². The van der Waals surface area contributed by atoms with Gasteiger partial charge in [0.05, 0.1) is 12.7 Å². The molecule has 0 aliphatic carbocycles. The van der Waals surface area contributed by atoms with Gasteiger partial charge in [-0.15, -0.1) is 0 Å². The first kappa shape index (κ1) is 10.6. The van der Waals surface area contributed by atoms with E-state index in [1.54, 1.807) is 12.1 Å². The van der Waals surface area contributed by atoms with Crippen LogP contribution in [0.25, 0.3) is 0 Å². The minimum atomic E-state index is -0.235. The molecule has 16 heavy (non-hydrogen) atoms. The highest BCUT2D eigenvalue weighted by molar-refractivity contribution is 6.29. The lowest BCUT2D eigenvalue weighted by Crippen LogP contribution is -2.22. The fourth-order valence-electron chi connectivity index (χ4n) is 1.15. The van der Waals surface area contributed by atoms with Gasteiger partial charge in [0.25, 0.3) is 5.91 Å². The van der Waals surface area contributed by atoms with Crippen molar-refractivity contribution in [2.75, 3.05) is 0 Å². The molecule has 6 heteroatoms. The molecule has 0 aliphatic rings. The van der Waals surface area contributed by atoms with Crippen molar-refractivity contribution in [3.8, 4) is 0 Å². The van der Waals surface area contributed by atoms with Crippen LogP contribution in [-0.2, 0) is 6.54 Å². The molecule has 0 aromatic carbocycles. The number of aromatic nitrogens is 2. The summed E-state index contributed by atoms with van der Waals surface area (Å²) in [5.74, 6) is 0.356. The lowest BCUT2D eigenvalue weighted by molar-refractivity contribution is 0.0947. The third kappa shape index (κ3) is 2.58. The number of hydrogen-bond donors (Lipinski definition) is 1. The van der Waals surface area contributed by atoms with E-state index in [1.807, 2.05) is 0 Å². The van der Waals surface area contributed by atoms with E-state index in [9.17, 15) is 4.79 Å². The summed E-state index contributed by atoms with van der Waals surface area (Å²) < 4.78 is 4.84. The van der Waals surface area contributed by atoms with Crippen molar-refractivity contribution in [3.63, 3.8) is 0 Å². The predicted molar refractivity (Wildman–Crippen MR) is 56.9 cm³/mol. The number of halogens is 1. The van der Waals surface area contributed by atoms with Crippen LogP contribution in [0.2, 0.25) is 5.15 Å². The molecule has 2 rings (SSSR count). The van der Waals surface area contributed by atoms with E-state index in [0.29, 0.717) is 17.9 Å². The van der Waals surface area contributed by atoms with Crippen molar-refractivity contribution in [1.82, 2.24) is 15.5 Å². The summed E-state index contributed by atoms with van der Waals surface area (Å²) in [6.07, 6.45) is 3.00. The highest BCUT2D eigenvalue weighted by atomic mass is 35.5. The summed E-state index contributed by atoms with van der Waals surface area (Å²) in [5.41, 5.74) is 0.458. The van der Waals surface area contributed by atoms with Crippen LogP contribution in [0.5, 0.6) is 0 Å². The first-order valence-electron chi connectivity index (χ1n) is 4.55. The summed E-state index contributed by atoms with van der Waals surface area (Å²) in [4.78, 5) is 15.4. The Morgan fingerprint density at radius 3 is 3.00 bits per heavy atom. The maximum Gasteiger partial charge on any atom is 0.251 e. The Morgan fingerprint density at radius 2 is 2.31 bits per heavy atom. The van der Waals surface area contributed by atoms with E-state index in [0.717, 1.165) is 0 Å². The van der Waals surface area contributed by atoms with Crippen molar-refractivity contribution < 1.29 is 9.32 Å². The number of carbonyl (C=O) groups is 1. The summed E-state index contributed by atoms with van der Waals surface area (Å²) >= 11 is 5.67. The normalized spacial score (nSPS) is 10.1. The molecule has 82 valence electrons. The zero-order valence-corrected chi connectivity index (χ0v) is 8.94. The van der Waals surface area contributed by atoms with E-state index in [1.165, 1.54) is 18.5 Å². The predicted octanol–water partition coefficient (Wildman–Crippen LogP) is 1.65. The van der Waals surface area contributed by atoms with Crippen LogP contribution in [0, 0.1) is 0 Å². The van der Waals surface area contributed by atoms with E-state index in [-0.39, 0.29) is 11.1 Å². The Hall–Kier alpha value is -1.88. The highest BCUT2D eigenvalue weighted by Crippen LogP contribution is 2.07. The molecule has 0 saturated heterocycles. The second-order valence-electron chi connectivity index (χ2n) is 3.03. The molecule has 0 spiro atoms. The zero-order valence-electron chi connectivity index (χ0n) is 8.18. The second kappa shape index (κ2) is 4.76. The minimum Gasteiger partial charge on any atom is -0.360 e. The van der Waals surface area contributed by atoms with Gasteiger partial charge >= 0.3 is 0 Å². The molecule has 0 saturated carbocycles. The van der Waals surface area contributed by atoms with Gasteiger partial charge in [0.2, 0.25) is 0 Å². The van der Waals surface area contributed by atoms with Gasteiger partial charge in [0.15, 0.2) is 5.76 Å². The molecule has 0 unspecified atom stereocenters. The van der Waals surface area contributed by atoms with Crippen molar-refractivity contribution >= 4 is 17.5 Å². The van der Waals surface area contributed by atoms with Gasteiger partial charge < -0.3 is 9.84 Å². The smallest absolute Gasteiger partial charge is 0.251 e. The molecule has 1 amide bonds. The Kier molecular flexibility index (Phi) is 3.16. The molecule has 0 aliphatic heterocycles. The fraction of sp³-hybridized carbons (Fsp3) is 0.100. The molecule has 0 atom stereocenters. The minimum absolute atomic E-state index is 0.235. The van der Waals surface area contributed by atoms with Crippen LogP contribution in [0.3, 0.4) is 0 Å². The first-order valence-corrected chi connectivity index (χ1v) is 4.93. The molecule has 0 radical (unpaired) electrons. The van der Waals surface area contributed by atoms with Gasteiger partial charge in [0.1, 0.15) is 5.15 Å². The molecular weight excluding hydrogens is 230 g/mol. The maximum atomic E-state index is 11.6. The average molecular weight is 238 g/mol. The molecule has 2 heterocycles. The van der Waals surface area contributed by atoms with Crippen LogP contribution in [-0.4, -0.2) is 16.0 Å². The quantitative estimate of drug-likeness (QED) is 0.825. The fourth-order valence-corrected chi connectivity index (χ4v) is 1.32. The Balaban J connectivity index is 1.98. The topological polar surface area (TPSA) is 68.0 Å². The molecule has 5 nitrogen and oxygen atoms in total. The maximum absolute atomic E-state index is 11.6. The number of nitrogens with zero attached hydrogens (tertiary/aromatic N) is 2. The third-order valence-electron chi connectivity index (χ3n) is 1.90. The first-order chi connectivity index (χ1) is 7.75. The number of rotatable bonds is 3. The van der Waals surface area contributed by atoms with Crippen LogP contribution in [0.4, 0.5) is 0 Å². The number of pyridine rings is 1. The van der Waals surface area contributed by atoms with Gasteiger partial charge in [-0.05, 0) is 12.1 Å². The van der Waals surface area contributed by atoms with Gasteiger partial charge in [0, 0.05) is 17.8 Å². The standard InChI is InChI=1S/C10H8ClN3O2/c11-9-5-7(1-3-12-9)10(15)13-6-8-2-4-14-16-8/h1-5H,6H2,(H,13,15). The number of carbonyl (C=O) groups excluding carboxylic acids is 1. The van der Waals surface area contributed by atoms with E-state index in [4.69, 9.17) is 16.1 Å². The number of nitrogens with one attached hydrogen (secondary N) is 1. The van der Waals surface area contributed by atoms with E-state index < -0.39 is 0 Å². The SMILES string of the molecule is O=C(NCc1ccno1)c1ccnc(Cl)c1. The zero-order chi connectivity index (χ0) is 11.4. The second-order valence-corrected chi connectivity index (χ2v) is 3.42. The van der Waals surface area contributed by atoms with Gasteiger partial charge in [-0.25, -0.2) is 4.98 Å². The molecule has 2 aromatic rings. The van der Waals surface area contributed by atoms with Crippen LogP contribution in [0.15, 0.2) is 35.1 Å². The Labute approximate surface area is 96.4 Å². The molecule has 2 aromatic heterocycles. The monoisotopic (exact) mass is 237 g/mol. The van der Waals surface area contributed by atoms with Gasteiger partial charge in [-0.2, -0.15) is 0 Å². The molecule has 0 bridgehead atoms. The van der Waals surface area contributed by atoms with Crippen molar-refractivity contribution in [2.45, 2.75) is 6.54 Å². The molecule has 0 fully saturated rings. The van der Waals surface area contributed by atoms with Gasteiger partial charge in [-0.3, -0.25) is 4.79 Å². The van der Waals surface area contributed by atoms with E-state index >= 15 is 0 Å². The third-order valence-corrected chi connectivity index (χ3v) is 2.11. The Morgan fingerprint density at radius 1 is 1.44 bits per heavy atom. The average Bonchev–Trinajstić information content (AvgIpc) is 2.78. The summed E-state index contributed by atoms with van der Waals surface area (Å²) in [7, 11) is 0. The number of hydrogen-bond acceptors (Lipinski definition) is 4. The summed E-state index contributed by atoms with van der Waals surface area (Å²) in [6.45, 7) is 0.290. The van der Waals surface area contributed by atoms with Crippen molar-refractivity contribution in [1.29, 1.82) is 0 Å². The van der Waals surface area contributed by atoms with Crippen LogP contribution < -0.4 is 5.32 Å². The Bertz CT molecular complexity index is 485. The summed E-state index contributed by atoms with van der Waals surface area (Å²) in [6, 6.07) is 4.76. The molecule has 1 N–H and O–H groups in total. The van der Waals surface area contributed by atoms with Gasteiger partial charge in [-0.1, -0.05) is 16.8 Å². The summed E-state index contributed by atoms with van der Waals surface area (Å²) in [5, 5.41) is 6.48. The van der Waals surface area contributed by atoms with Crippen molar-refractivity contribution in [2.24, 2.45) is 0 Å². The highest BCUT2D eigenvalue weighted by Gasteiger charge is 2.06. The lowest BCUT2D eigenvalue weighted by atomic mass is 10.2. The largest absolute Gasteiger partial charge is 0.360 e. The molecular formula is C10H8ClN3O2. The number of amides is 1. The van der Waals surface area contributed by atoms with Crippen molar-refractivity contribution in [3.05, 3.63) is 47.1 Å². The van der Waals surface area contributed by atoms with Crippen LogP contribution in [0.1, 0.15) is 16.1 Å². The lowest BCUT2D eigenvalue weighted by Gasteiger charge is -2.02. The van der Waals surface area contributed by atoms with E-state index in [2.05, 4.69) is 15.5 Å².